The minimum Gasteiger partial charge on any atom is -0.242 e. The fourth-order valence-corrected chi connectivity index (χ4v) is 5.17. The summed E-state index contributed by atoms with van der Waals surface area (Å²) in [4.78, 5) is 4.87. The maximum atomic E-state index is 12.9. The van der Waals surface area contributed by atoms with Crippen LogP contribution < -0.4 is 0 Å². The number of piperidine rings is 1. The maximum Gasteiger partial charge on any atom is 0.243 e. The molecular weight excluding hydrogens is 316 g/mol. The van der Waals surface area contributed by atoms with Gasteiger partial charge >= 0.3 is 0 Å². The second-order valence-electron chi connectivity index (χ2n) is 5.70. The zero-order chi connectivity index (χ0) is 15.7. The third-order valence-electron chi connectivity index (χ3n) is 4.04. The number of hydrogen-bond donors (Lipinski definition) is 0. The molecule has 0 atom stereocenters. The summed E-state index contributed by atoms with van der Waals surface area (Å²) in [6.45, 7) is 5.06. The highest BCUT2D eigenvalue weighted by atomic mass is 32.2. The van der Waals surface area contributed by atoms with E-state index in [4.69, 9.17) is 0 Å². The summed E-state index contributed by atoms with van der Waals surface area (Å²) >= 11 is 1.57. The summed E-state index contributed by atoms with van der Waals surface area (Å²) in [5, 5.41) is 2.95. The first-order chi connectivity index (χ1) is 10.5. The van der Waals surface area contributed by atoms with Crippen LogP contribution in [0.5, 0.6) is 0 Å². The molecule has 4 nitrogen and oxygen atoms in total. The molecule has 1 fully saturated rings. The van der Waals surface area contributed by atoms with Crippen molar-refractivity contribution in [2.75, 3.05) is 13.1 Å². The van der Waals surface area contributed by atoms with E-state index in [1.807, 2.05) is 31.4 Å². The number of hydrogen-bond acceptors (Lipinski definition) is 4. The quantitative estimate of drug-likeness (QED) is 0.860. The summed E-state index contributed by atoms with van der Waals surface area (Å²) < 4.78 is 27.4. The summed E-state index contributed by atoms with van der Waals surface area (Å²) in [6.07, 6.45) is 3.01. The van der Waals surface area contributed by atoms with Crippen LogP contribution in [0.3, 0.4) is 0 Å². The Kier molecular flexibility index (Phi) is 4.34. The molecule has 1 aliphatic rings. The molecule has 0 N–H and O–H groups in total. The molecule has 118 valence electrons. The van der Waals surface area contributed by atoms with E-state index in [0.717, 1.165) is 41.1 Å². The lowest BCUT2D eigenvalue weighted by atomic mass is 10.1. The van der Waals surface area contributed by atoms with Gasteiger partial charge in [0.25, 0.3) is 0 Å². The van der Waals surface area contributed by atoms with Crippen LogP contribution >= 0.6 is 11.3 Å². The highest BCUT2D eigenvalue weighted by Crippen LogP contribution is 2.29. The van der Waals surface area contributed by atoms with Crippen molar-refractivity contribution in [2.24, 2.45) is 0 Å². The summed E-state index contributed by atoms with van der Waals surface area (Å²) in [5.74, 6) is 0. The van der Waals surface area contributed by atoms with Gasteiger partial charge in [-0.1, -0.05) is 18.6 Å². The number of rotatable bonds is 3. The molecule has 1 aromatic heterocycles. The van der Waals surface area contributed by atoms with Gasteiger partial charge in [0, 0.05) is 24.0 Å². The smallest absolute Gasteiger partial charge is 0.242 e. The van der Waals surface area contributed by atoms with E-state index >= 15 is 0 Å². The normalized spacial score (nSPS) is 16.8. The Balaban J connectivity index is 2.02. The first-order valence-corrected chi connectivity index (χ1v) is 9.84. The van der Waals surface area contributed by atoms with Gasteiger partial charge in [0.05, 0.1) is 15.6 Å². The Morgan fingerprint density at radius 1 is 1.14 bits per heavy atom. The van der Waals surface area contributed by atoms with Crippen molar-refractivity contribution in [1.82, 2.24) is 9.29 Å². The van der Waals surface area contributed by atoms with Gasteiger partial charge in [0.1, 0.15) is 0 Å². The molecule has 0 radical (unpaired) electrons. The van der Waals surface area contributed by atoms with Crippen molar-refractivity contribution < 1.29 is 8.42 Å². The van der Waals surface area contributed by atoms with Gasteiger partial charge in [0.2, 0.25) is 10.0 Å². The fraction of sp³-hybridized carbons (Fsp3) is 0.438. The number of sulfonamides is 1. The van der Waals surface area contributed by atoms with E-state index in [0.29, 0.717) is 18.0 Å². The molecule has 2 heterocycles. The molecule has 0 bridgehead atoms. The molecule has 22 heavy (non-hydrogen) atoms. The SMILES string of the molecule is Cc1nc(-c2ccc(C)c(S(=O)(=O)N3CCCCC3)c2)cs1. The predicted molar refractivity (Wildman–Crippen MR) is 89.6 cm³/mol. The molecule has 1 aliphatic heterocycles. The topological polar surface area (TPSA) is 50.3 Å². The van der Waals surface area contributed by atoms with Crippen LogP contribution in [-0.4, -0.2) is 30.8 Å². The number of aryl methyl sites for hydroxylation is 2. The molecule has 1 saturated heterocycles. The Morgan fingerprint density at radius 2 is 1.86 bits per heavy atom. The standard InChI is InChI=1S/C16H20N2O2S2/c1-12-6-7-14(15-11-21-13(2)17-15)10-16(12)22(19,20)18-8-4-3-5-9-18/h6-7,10-11H,3-5,8-9H2,1-2H3. The van der Waals surface area contributed by atoms with E-state index in [2.05, 4.69) is 4.98 Å². The summed E-state index contributed by atoms with van der Waals surface area (Å²) in [7, 11) is -3.41. The second-order valence-corrected chi connectivity index (χ2v) is 8.67. The van der Waals surface area contributed by atoms with Gasteiger partial charge in [-0.3, -0.25) is 0 Å². The second kappa shape index (κ2) is 6.10. The zero-order valence-corrected chi connectivity index (χ0v) is 14.5. The van der Waals surface area contributed by atoms with Gasteiger partial charge in [-0.05, 0) is 38.3 Å². The third-order valence-corrected chi connectivity index (χ3v) is 6.85. The van der Waals surface area contributed by atoms with Gasteiger partial charge in [-0.25, -0.2) is 13.4 Å². The molecule has 6 heteroatoms. The van der Waals surface area contributed by atoms with Crippen molar-refractivity contribution in [2.45, 2.75) is 38.0 Å². The Labute approximate surface area is 135 Å². The van der Waals surface area contributed by atoms with Crippen LogP contribution in [0.2, 0.25) is 0 Å². The van der Waals surface area contributed by atoms with Gasteiger partial charge in [-0.2, -0.15) is 4.31 Å². The van der Waals surface area contributed by atoms with Crippen molar-refractivity contribution in [3.63, 3.8) is 0 Å². The molecule has 0 spiro atoms. The Bertz CT molecular complexity index is 775. The Hall–Kier alpha value is -1.24. The maximum absolute atomic E-state index is 12.9. The van der Waals surface area contributed by atoms with Crippen LogP contribution in [0.15, 0.2) is 28.5 Å². The predicted octanol–water partition coefficient (Wildman–Crippen LogP) is 3.60. The van der Waals surface area contributed by atoms with E-state index in [9.17, 15) is 8.42 Å². The van der Waals surface area contributed by atoms with E-state index < -0.39 is 10.0 Å². The van der Waals surface area contributed by atoms with Crippen LogP contribution in [0.25, 0.3) is 11.3 Å². The third kappa shape index (κ3) is 2.95. The number of thiazole rings is 1. The Morgan fingerprint density at radius 3 is 2.50 bits per heavy atom. The molecular formula is C16H20N2O2S2. The minimum absolute atomic E-state index is 0.414. The van der Waals surface area contributed by atoms with E-state index in [-0.39, 0.29) is 0 Å². The van der Waals surface area contributed by atoms with Crippen molar-refractivity contribution in [1.29, 1.82) is 0 Å². The lowest BCUT2D eigenvalue weighted by Crippen LogP contribution is -2.35. The first-order valence-electron chi connectivity index (χ1n) is 7.52. The highest BCUT2D eigenvalue weighted by molar-refractivity contribution is 7.89. The van der Waals surface area contributed by atoms with Crippen LogP contribution in [-0.2, 0) is 10.0 Å². The average Bonchev–Trinajstić information content (AvgIpc) is 2.95. The summed E-state index contributed by atoms with van der Waals surface area (Å²) in [5.41, 5.74) is 2.50. The van der Waals surface area contributed by atoms with E-state index in [1.54, 1.807) is 21.7 Å². The largest absolute Gasteiger partial charge is 0.243 e. The zero-order valence-electron chi connectivity index (χ0n) is 12.9. The van der Waals surface area contributed by atoms with Crippen LogP contribution in [0, 0.1) is 13.8 Å². The van der Waals surface area contributed by atoms with Crippen LogP contribution in [0.4, 0.5) is 0 Å². The van der Waals surface area contributed by atoms with Gasteiger partial charge in [0.15, 0.2) is 0 Å². The minimum atomic E-state index is -3.41. The number of aromatic nitrogens is 1. The van der Waals surface area contributed by atoms with Gasteiger partial charge in [-0.15, -0.1) is 11.3 Å². The van der Waals surface area contributed by atoms with Crippen molar-refractivity contribution in [3.05, 3.63) is 34.2 Å². The molecule has 0 unspecified atom stereocenters. The fourth-order valence-electron chi connectivity index (χ4n) is 2.78. The molecule has 0 amide bonds. The van der Waals surface area contributed by atoms with E-state index in [1.165, 1.54) is 0 Å². The van der Waals surface area contributed by atoms with Crippen molar-refractivity contribution >= 4 is 21.4 Å². The lowest BCUT2D eigenvalue weighted by Gasteiger charge is -2.26. The molecule has 2 aromatic rings. The summed E-state index contributed by atoms with van der Waals surface area (Å²) in [6, 6.07) is 5.59. The molecule has 0 saturated carbocycles. The highest BCUT2D eigenvalue weighted by Gasteiger charge is 2.27. The lowest BCUT2D eigenvalue weighted by molar-refractivity contribution is 0.346. The molecule has 1 aromatic carbocycles. The molecule has 3 rings (SSSR count). The van der Waals surface area contributed by atoms with Gasteiger partial charge < -0.3 is 0 Å². The van der Waals surface area contributed by atoms with Crippen LogP contribution in [0.1, 0.15) is 29.8 Å². The number of benzene rings is 1. The first kappa shape index (κ1) is 15.6. The number of nitrogens with zero attached hydrogens (tertiary/aromatic N) is 2. The van der Waals surface area contributed by atoms with Crippen molar-refractivity contribution in [3.8, 4) is 11.3 Å². The average molecular weight is 336 g/mol. The molecule has 0 aliphatic carbocycles. The monoisotopic (exact) mass is 336 g/mol.